The van der Waals surface area contributed by atoms with Gasteiger partial charge in [0.2, 0.25) is 0 Å². The highest BCUT2D eigenvalue weighted by Crippen LogP contribution is 2.31. The predicted molar refractivity (Wildman–Crippen MR) is 201 cm³/mol. The molecule has 1 aliphatic rings. The van der Waals surface area contributed by atoms with E-state index in [2.05, 4.69) is 51.8 Å². The lowest BCUT2D eigenvalue weighted by Gasteiger charge is -2.06. The van der Waals surface area contributed by atoms with Crippen LogP contribution in [0.3, 0.4) is 0 Å². The highest BCUT2D eigenvalue weighted by molar-refractivity contribution is 9.15. The number of carbonyl (C=O) groups is 5. The molecule has 0 fully saturated rings. The average molecular weight is 859 g/mol. The Bertz CT molecular complexity index is 2440. The second-order valence-corrected chi connectivity index (χ2v) is 14.6. The number of aliphatic carboxylic acids is 5. The summed E-state index contributed by atoms with van der Waals surface area (Å²) in [6.45, 7) is 5.52. The van der Waals surface area contributed by atoms with Crippen molar-refractivity contribution in [1.29, 1.82) is 0 Å². The second-order valence-electron chi connectivity index (χ2n) is 13.0. The first kappa shape index (κ1) is 39.1. The lowest BCUT2D eigenvalue weighted by Crippen LogP contribution is -2.17. The van der Waals surface area contributed by atoms with Crippen molar-refractivity contribution < 1.29 is 49.5 Å². The van der Waals surface area contributed by atoms with E-state index in [1.54, 1.807) is 6.08 Å². The number of fused-ring (bicyclic) bond motifs is 8. The lowest BCUT2D eigenvalue weighted by atomic mass is 9.99. The third kappa shape index (κ3) is 8.28. The van der Waals surface area contributed by atoms with Crippen molar-refractivity contribution in [2.75, 3.05) is 0 Å². The van der Waals surface area contributed by atoms with Gasteiger partial charge in [-0.15, -0.1) is 0 Å². The van der Waals surface area contributed by atoms with E-state index < -0.39 is 36.3 Å². The first-order valence-corrected chi connectivity index (χ1v) is 18.3. The molecule has 0 aromatic carbocycles. The fraction of sp³-hybridized carbons (Fsp3) is 0.324. The Kier molecular flexibility index (Phi) is 11.7. The highest BCUT2D eigenvalue weighted by atomic mass is 79.9. The van der Waals surface area contributed by atoms with Gasteiger partial charge in [-0.2, -0.15) is 0 Å². The summed E-state index contributed by atoms with van der Waals surface area (Å²) in [5.41, 5.74) is 7.12. The number of aromatic nitrogens is 4. The van der Waals surface area contributed by atoms with E-state index >= 15 is 0 Å². The van der Waals surface area contributed by atoms with Gasteiger partial charge >= 0.3 is 29.8 Å². The third-order valence-corrected chi connectivity index (χ3v) is 11.2. The molecule has 0 unspecified atom stereocenters. The van der Waals surface area contributed by atoms with E-state index in [1.165, 1.54) is 0 Å². The number of carboxylic acid groups (broad SMARTS) is 5. The van der Waals surface area contributed by atoms with Crippen molar-refractivity contribution in [2.24, 2.45) is 0 Å². The maximum absolute atomic E-state index is 12.3. The van der Waals surface area contributed by atoms with E-state index in [4.69, 9.17) is 0 Å². The van der Waals surface area contributed by atoms with E-state index in [-0.39, 0.29) is 51.4 Å². The number of H-pyrrole nitrogens is 4. The minimum absolute atomic E-state index is 0.0149. The Balaban J connectivity index is 2.01. The van der Waals surface area contributed by atoms with Gasteiger partial charge < -0.3 is 45.5 Å². The molecule has 0 radical (unpaired) electrons. The van der Waals surface area contributed by atoms with Crippen molar-refractivity contribution in [3.05, 3.63) is 88.7 Å². The SMILES string of the molecule is Cc1c2[nH]c(c1CCC(=O)O)C=c1[nH]c(c(CCC(=O)O)c1C)=Cc1[nH]c(c(CCC(=O)O)c1CC(=O)O)C(Br)=c1[nH]c(c(CCC(=O)O)c1C)=C2Br. The lowest BCUT2D eigenvalue weighted by molar-refractivity contribution is -0.138. The zero-order valence-electron chi connectivity index (χ0n) is 29.1. The summed E-state index contributed by atoms with van der Waals surface area (Å²) in [5, 5.41) is 50.7. The molecule has 0 saturated carbocycles. The van der Waals surface area contributed by atoms with Gasteiger partial charge in [0.25, 0.3) is 0 Å². The summed E-state index contributed by atoms with van der Waals surface area (Å²) >= 11 is 7.50. The summed E-state index contributed by atoms with van der Waals surface area (Å²) in [7, 11) is 0. The summed E-state index contributed by atoms with van der Waals surface area (Å²) in [4.78, 5) is 72.9. The van der Waals surface area contributed by atoms with Crippen LogP contribution < -0.4 is 21.4 Å². The molecule has 5 heterocycles. The van der Waals surface area contributed by atoms with Crippen LogP contribution >= 0.6 is 31.9 Å². The van der Waals surface area contributed by atoms with Crippen molar-refractivity contribution >= 4 is 82.8 Å². The van der Waals surface area contributed by atoms with Crippen LogP contribution in [-0.2, 0) is 56.1 Å². The molecule has 9 N–H and O–H groups in total. The maximum Gasteiger partial charge on any atom is 0.307 e. The molecule has 0 aliphatic carbocycles. The van der Waals surface area contributed by atoms with E-state index in [0.717, 1.165) is 16.7 Å². The van der Waals surface area contributed by atoms with E-state index in [0.29, 0.717) is 81.0 Å². The van der Waals surface area contributed by atoms with E-state index in [1.807, 2.05) is 26.8 Å². The molecule has 14 nitrogen and oxygen atoms in total. The number of hydrogen-bond acceptors (Lipinski definition) is 5. The molecule has 0 spiro atoms. The number of halogens is 2. The van der Waals surface area contributed by atoms with Crippen molar-refractivity contribution in [3.8, 4) is 0 Å². The molecule has 280 valence electrons. The fourth-order valence-corrected chi connectivity index (χ4v) is 8.42. The molecule has 0 atom stereocenters. The van der Waals surface area contributed by atoms with Crippen molar-refractivity contribution in [2.45, 2.75) is 78.6 Å². The van der Waals surface area contributed by atoms with Crippen LogP contribution in [0.4, 0.5) is 0 Å². The molecule has 8 bridgehead atoms. The summed E-state index contributed by atoms with van der Waals surface area (Å²) in [5.74, 6) is -5.21. The van der Waals surface area contributed by atoms with Crippen LogP contribution in [0.5, 0.6) is 0 Å². The zero-order valence-corrected chi connectivity index (χ0v) is 32.2. The van der Waals surface area contributed by atoms with E-state index in [9.17, 15) is 49.5 Å². The van der Waals surface area contributed by atoms with Gasteiger partial charge in [0.15, 0.2) is 0 Å². The summed E-state index contributed by atoms with van der Waals surface area (Å²) in [6, 6.07) is 0. The minimum atomic E-state index is -1.15. The predicted octanol–water partition coefficient (Wildman–Crippen LogP) is 2.69. The third-order valence-electron chi connectivity index (χ3n) is 9.63. The Morgan fingerprint density at radius 1 is 0.491 bits per heavy atom. The molecule has 0 amide bonds. The molecule has 5 rings (SSSR count). The number of carboxylic acids is 5. The van der Waals surface area contributed by atoms with Gasteiger partial charge in [-0.3, -0.25) is 24.0 Å². The normalized spacial score (nSPS) is 12.4. The number of nitrogens with one attached hydrogen (secondary N) is 4. The van der Waals surface area contributed by atoms with Crippen LogP contribution in [0.25, 0.3) is 21.1 Å². The van der Waals surface area contributed by atoms with Gasteiger partial charge in [-0.05, 0) is 135 Å². The Morgan fingerprint density at radius 2 is 0.962 bits per heavy atom. The monoisotopic (exact) mass is 856 g/mol. The largest absolute Gasteiger partial charge is 0.481 e. The Morgan fingerprint density at radius 3 is 1.53 bits per heavy atom. The first-order chi connectivity index (χ1) is 25.0. The molecule has 16 heteroatoms. The smallest absolute Gasteiger partial charge is 0.307 e. The van der Waals surface area contributed by atoms with Gasteiger partial charge in [-0.25, -0.2) is 0 Å². The van der Waals surface area contributed by atoms with Gasteiger partial charge in [0.1, 0.15) is 0 Å². The molecule has 1 aliphatic heterocycles. The molecule has 4 aromatic heterocycles. The first-order valence-electron chi connectivity index (χ1n) is 16.7. The van der Waals surface area contributed by atoms with Crippen molar-refractivity contribution in [3.63, 3.8) is 0 Å². The fourth-order valence-electron chi connectivity index (χ4n) is 6.95. The summed E-state index contributed by atoms with van der Waals surface area (Å²) in [6.07, 6.45) is 2.75. The van der Waals surface area contributed by atoms with Crippen LogP contribution in [0.15, 0.2) is 0 Å². The van der Waals surface area contributed by atoms with Crippen LogP contribution in [-0.4, -0.2) is 75.3 Å². The van der Waals surface area contributed by atoms with Crippen LogP contribution in [0.2, 0.25) is 0 Å². The van der Waals surface area contributed by atoms with Gasteiger partial charge in [0.05, 0.1) is 37.5 Å². The van der Waals surface area contributed by atoms with Crippen LogP contribution in [0, 0.1) is 20.8 Å². The van der Waals surface area contributed by atoms with Crippen LogP contribution in [0.1, 0.15) is 93.0 Å². The standard InChI is InChI=1S/C37H38Br2N4O10/c1-15-18(4-8-27(44)45)24-14-26-22(12-31(52)53)21(7-11-30(50)51)37(42-26)33(39)35-17(3)20(6-10-29(48)49)36(43-35)32(38)34-16(2)19(5-9-28(46)47)25(41-34)13-23(15)40-24/h13-14,40-43H,4-12H2,1-3H3,(H,44,45)(H,46,47)(H,48,49)(H,50,51)(H,52,53). The second kappa shape index (κ2) is 15.9. The number of rotatable bonds is 14. The molecule has 0 saturated heterocycles. The quantitative estimate of drug-likeness (QED) is 0.0897. The highest BCUT2D eigenvalue weighted by Gasteiger charge is 2.25. The topological polar surface area (TPSA) is 250 Å². The maximum atomic E-state index is 12.3. The molecule has 53 heavy (non-hydrogen) atoms. The van der Waals surface area contributed by atoms with Gasteiger partial charge in [0, 0.05) is 47.8 Å². The molecule has 4 aromatic rings. The zero-order chi connectivity index (χ0) is 38.9. The average Bonchev–Trinajstić information content (AvgIpc) is 3.77. The molecular weight excluding hydrogens is 820 g/mol. The minimum Gasteiger partial charge on any atom is -0.481 e. The summed E-state index contributed by atoms with van der Waals surface area (Å²) < 4.78 is 1.00. The molecular formula is C37H38Br2N4O10. The number of hydrogen-bond donors (Lipinski definition) is 9. The van der Waals surface area contributed by atoms with Gasteiger partial charge in [-0.1, -0.05) is 0 Å². The van der Waals surface area contributed by atoms with Crippen molar-refractivity contribution in [1.82, 2.24) is 19.9 Å². The number of aromatic amines is 4. The Labute approximate surface area is 318 Å². The Hall–Kier alpha value is -5.09.